The van der Waals surface area contributed by atoms with Gasteiger partial charge < -0.3 is 14.4 Å². The highest BCUT2D eigenvalue weighted by molar-refractivity contribution is 5.63. The number of quaternary nitrogens is 1. The molecule has 0 aromatic carbocycles. The quantitative estimate of drug-likeness (QED) is 0.161. The molecule has 3 heteroatoms. The standard InChI is InChI=1S/C18H36O2.C8H20N/c1-2-3-4-5-6-7-8-9-10-11-12-13-14-15-16-17-18(19)20;1-5-9(6-2,7-3)8-4/h2-17H2,1H3,(H,19,20);5-8H2,1-4H3/q;+1/p-1. The number of nitrogens with zero attached hydrogens (tertiary/aromatic N) is 1. The lowest BCUT2D eigenvalue weighted by Gasteiger charge is -2.34. The summed E-state index contributed by atoms with van der Waals surface area (Å²) in [7, 11) is 0. The molecule has 0 radical (unpaired) electrons. The summed E-state index contributed by atoms with van der Waals surface area (Å²) < 4.78 is 1.28. The molecule has 0 aliphatic heterocycles. The molecule has 0 spiro atoms. The van der Waals surface area contributed by atoms with Gasteiger partial charge >= 0.3 is 0 Å². The van der Waals surface area contributed by atoms with E-state index in [4.69, 9.17) is 0 Å². The SMILES string of the molecule is CCCCCCCCCCCCCCCCCC(=O)[O-].CC[N+](CC)(CC)CC. The van der Waals surface area contributed by atoms with Crippen LogP contribution in [-0.4, -0.2) is 36.6 Å². The van der Waals surface area contributed by atoms with Crippen molar-refractivity contribution in [2.45, 2.75) is 137 Å². The largest absolute Gasteiger partial charge is 0.550 e. The number of rotatable bonds is 20. The van der Waals surface area contributed by atoms with Crippen LogP contribution in [0, 0.1) is 0 Å². The Morgan fingerprint density at radius 1 is 0.517 bits per heavy atom. The highest BCUT2D eigenvalue weighted by Crippen LogP contribution is 2.13. The third-order valence-electron chi connectivity index (χ3n) is 6.67. The summed E-state index contributed by atoms with van der Waals surface area (Å²) >= 11 is 0. The second kappa shape index (κ2) is 23.7. The second-order valence-electron chi connectivity index (χ2n) is 8.68. The highest BCUT2D eigenvalue weighted by Gasteiger charge is 2.16. The van der Waals surface area contributed by atoms with Crippen LogP contribution in [0.3, 0.4) is 0 Å². The van der Waals surface area contributed by atoms with Crippen LogP contribution in [0.2, 0.25) is 0 Å². The molecule has 0 atom stereocenters. The molecule has 0 saturated carbocycles. The lowest BCUT2D eigenvalue weighted by molar-refractivity contribution is -0.921. The Hall–Kier alpha value is -0.570. The third kappa shape index (κ3) is 21.9. The minimum Gasteiger partial charge on any atom is -0.550 e. The predicted octanol–water partition coefficient (Wildman–Crippen LogP) is 6.88. The lowest BCUT2D eigenvalue weighted by atomic mass is 10.0. The van der Waals surface area contributed by atoms with E-state index >= 15 is 0 Å². The number of carboxylic acids is 1. The number of unbranched alkanes of at least 4 members (excludes halogenated alkanes) is 14. The molecule has 0 rings (SSSR count). The van der Waals surface area contributed by atoms with Gasteiger partial charge in [0.25, 0.3) is 0 Å². The molecule has 0 aromatic heterocycles. The van der Waals surface area contributed by atoms with Gasteiger partial charge in [-0.1, -0.05) is 96.8 Å². The Balaban J connectivity index is 0. The molecule has 0 bridgehead atoms. The zero-order valence-corrected chi connectivity index (χ0v) is 20.9. The van der Waals surface area contributed by atoms with Crippen LogP contribution < -0.4 is 5.11 Å². The third-order valence-corrected chi connectivity index (χ3v) is 6.67. The fourth-order valence-electron chi connectivity index (χ4n) is 3.98. The Labute approximate surface area is 184 Å². The molecule has 0 saturated heterocycles. The Kier molecular flexibility index (Phi) is 25.0. The van der Waals surface area contributed by atoms with E-state index in [0.29, 0.717) is 0 Å². The molecule has 0 fully saturated rings. The summed E-state index contributed by atoms with van der Waals surface area (Å²) in [6, 6.07) is 0. The number of carbonyl (C=O) groups excluding carboxylic acids is 1. The molecule has 0 aromatic rings. The summed E-state index contributed by atoms with van der Waals surface area (Å²) in [5.74, 6) is -0.903. The van der Waals surface area contributed by atoms with Crippen LogP contribution in [0.5, 0.6) is 0 Å². The van der Waals surface area contributed by atoms with Crippen molar-refractivity contribution in [3.63, 3.8) is 0 Å². The molecule has 3 nitrogen and oxygen atoms in total. The van der Waals surface area contributed by atoms with Gasteiger partial charge in [0.1, 0.15) is 0 Å². The van der Waals surface area contributed by atoms with Gasteiger partial charge in [-0.25, -0.2) is 0 Å². The van der Waals surface area contributed by atoms with Crippen molar-refractivity contribution in [3.05, 3.63) is 0 Å². The number of aliphatic carboxylic acids is 1. The summed E-state index contributed by atoms with van der Waals surface area (Å²) in [5.41, 5.74) is 0. The lowest BCUT2D eigenvalue weighted by Crippen LogP contribution is -2.47. The Morgan fingerprint density at radius 3 is 1.00 bits per heavy atom. The summed E-state index contributed by atoms with van der Waals surface area (Å²) in [5, 5.41) is 10.2. The van der Waals surface area contributed by atoms with Crippen molar-refractivity contribution in [1.82, 2.24) is 0 Å². The first-order chi connectivity index (χ1) is 14.0. The fourth-order valence-corrected chi connectivity index (χ4v) is 3.98. The van der Waals surface area contributed by atoms with Gasteiger partial charge in [0, 0.05) is 5.97 Å². The van der Waals surface area contributed by atoms with E-state index in [0.717, 1.165) is 12.8 Å². The molecule has 0 aliphatic rings. The molecule has 0 aliphatic carbocycles. The minimum absolute atomic E-state index is 0.234. The first kappa shape index (κ1) is 30.6. The average Bonchev–Trinajstić information content (AvgIpc) is 2.73. The van der Waals surface area contributed by atoms with Gasteiger partial charge in [0.15, 0.2) is 0 Å². The van der Waals surface area contributed by atoms with E-state index in [1.165, 1.54) is 114 Å². The predicted molar refractivity (Wildman–Crippen MR) is 127 cm³/mol. The van der Waals surface area contributed by atoms with Crippen molar-refractivity contribution in [2.75, 3.05) is 26.2 Å². The van der Waals surface area contributed by atoms with Gasteiger partial charge in [0.2, 0.25) is 0 Å². The summed E-state index contributed by atoms with van der Waals surface area (Å²) in [6.45, 7) is 16.5. The fraction of sp³-hybridized carbons (Fsp3) is 0.962. The topological polar surface area (TPSA) is 40.1 Å². The maximum Gasteiger partial charge on any atom is 0.0757 e. The normalized spacial score (nSPS) is 11.2. The highest BCUT2D eigenvalue weighted by atomic mass is 16.4. The van der Waals surface area contributed by atoms with Crippen molar-refractivity contribution in [1.29, 1.82) is 0 Å². The molecule has 29 heavy (non-hydrogen) atoms. The minimum atomic E-state index is -0.903. The molecule has 0 heterocycles. The van der Waals surface area contributed by atoms with Gasteiger partial charge in [-0.3, -0.25) is 0 Å². The van der Waals surface area contributed by atoms with Crippen molar-refractivity contribution in [2.24, 2.45) is 0 Å². The van der Waals surface area contributed by atoms with Crippen LogP contribution in [0.15, 0.2) is 0 Å². The average molecular weight is 414 g/mol. The molecular formula is C26H55NO2. The van der Waals surface area contributed by atoms with Crippen molar-refractivity contribution >= 4 is 5.97 Å². The zero-order valence-electron chi connectivity index (χ0n) is 20.9. The van der Waals surface area contributed by atoms with E-state index in [1.807, 2.05) is 0 Å². The maximum absolute atomic E-state index is 10.2. The Bertz CT molecular complexity index is 309. The molecule has 0 amide bonds. The monoisotopic (exact) mass is 413 g/mol. The zero-order chi connectivity index (χ0) is 22.2. The van der Waals surface area contributed by atoms with Crippen molar-refractivity contribution in [3.8, 4) is 0 Å². The molecule has 0 N–H and O–H groups in total. The van der Waals surface area contributed by atoms with Gasteiger partial charge in [-0.2, -0.15) is 0 Å². The van der Waals surface area contributed by atoms with E-state index in [9.17, 15) is 9.90 Å². The van der Waals surface area contributed by atoms with Gasteiger partial charge in [0.05, 0.1) is 26.2 Å². The van der Waals surface area contributed by atoms with Crippen LogP contribution in [-0.2, 0) is 4.79 Å². The van der Waals surface area contributed by atoms with E-state index in [1.54, 1.807) is 0 Å². The number of hydrogen-bond donors (Lipinski definition) is 0. The smallest absolute Gasteiger partial charge is 0.0757 e. The van der Waals surface area contributed by atoms with E-state index < -0.39 is 5.97 Å². The maximum atomic E-state index is 10.2. The van der Waals surface area contributed by atoms with E-state index in [2.05, 4.69) is 34.6 Å². The molecule has 0 unspecified atom stereocenters. The first-order valence-corrected chi connectivity index (χ1v) is 13.1. The molecule has 176 valence electrons. The van der Waals surface area contributed by atoms with Crippen molar-refractivity contribution < 1.29 is 14.4 Å². The second-order valence-corrected chi connectivity index (χ2v) is 8.68. The Morgan fingerprint density at radius 2 is 0.793 bits per heavy atom. The first-order valence-electron chi connectivity index (χ1n) is 13.1. The van der Waals surface area contributed by atoms with Crippen LogP contribution in [0.4, 0.5) is 0 Å². The van der Waals surface area contributed by atoms with E-state index in [-0.39, 0.29) is 6.42 Å². The van der Waals surface area contributed by atoms with Crippen LogP contribution in [0.25, 0.3) is 0 Å². The van der Waals surface area contributed by atoms with Gasteiger partial charge in [-0.15, -0.1) is 0 Å². The number of carbonyl (C=O) groups is 1. The number of carboxylic acid groups (broad SMARTS) is 1. The summed E-state index contributed by atoms with van der Waals surface area (Å²) in [4.78, 5) is 10.2. The van der Waals surface area contributed by atoms with Crippen LogP contribution >= 0.6 is 0 Å². The van der Waals surface area contributed by atoms with Crippen LogP contribution in [0.1, 0.15) is 137 Å². The van der Waals surface area contributed by atoms with Gasteiger partial charge in [-0.05, 0) is 40.5 Å². The number of hydrogen-bond acceptors (Lipinski definition) is 2. The molecular weight excluding hydrogens is 358 g/mol. The summed E-state index contributed by atoms with van der Waals surface area (Å²) in [6.07, 6.45) is 19.9.